The lowest BCUT2D eigenvalue weighted by molar-refractivity contribution is 0.770. The molecule has 1 aliphatic rings. The number of aryl methyl sites for hydroxylation is 1. The van der Waals surface area contributed by atoms with E-state index in [1.165, 1.54) is 17.5 Å². The highest BCUT2D eigenvalue weighted by Gasteiger charge is 2.35. The van der Waals surface area contributed by atoms with Crippen LogP contribution in [0.1, 0.15) is 24.8 Å². The Labute approximate surface area is 101 Å². The fourth-order valence-corrected chi connectivity index (χ4v) is 2.43. The third-order valence-electron chi connectivity index (χ3n) is 3.58. The van der Waals surface area contributed by atoms with Gasteiger partial charge in [0.1, 0.15) is 0 Å². The summed E-state index contributed by atoms with van der Waals surface area (Å²) in [6, 6.07) is 8.24. The Bertz CT molecular complexity index is 556. The molecule has 1 aliphatic carbocycles. The molecule has 2 aromatic rings. The highest BCUT2D eigenvalue weighted by Crippen LogP contribution is 2.49. The van der Waals surface area contributed by atoms with Gasteiger partial charge in [0, 0.05) is 24.5 Å². The molecule has 0 radical (unpaired) electrons. The van der Waals surface area contributed by atoms with E-state index in [9.17, 15) is 0 Å². The van der Waals surface area contributed by atoms with Crippen LogP contribution in [-0.4, -0.2) is 9.78 Å². The Morgan fingerprint density at radius 2 is 2.12 bits per heavy atom. The molecule has 1 fully saturated rings. The summed E-state index contributed by atoms with van der Waals surface area (Å²) in [6.07, 6.45) is 3.25. The van der Waals surface area contributed by atoms with Gasteiger partial charge >= 0.3 is 0 Å². The molecular formula is C14H17N3. The third kappa shape index (κ3) is 1.82. The average molecular weight is 227 g/mol. The van der Waals surface area contributed by atoms with Crippen molar-refractivity contribution in [3.05, 3.63) is 36.0 Å². The molecule has 0 aliphatic heterocycles. The summed E-state index contributed by atoms with van der Waals surface area (Å²) < 4.78 is 1.83. The molecule has 0 unspecified atom stereocenters. The molecule has 0 amide bonds. The normalized spacial score (nSPS) is 22.7. The Hall–Kier alpha value is -1.77. The number of hydrogen-bond donors (Lipinski definition) is 1. The lowest BCUT2D eigenvalue weighted by Gasteiger charge is -2.08. The van der Waals surface area contributed by atoms with Crippen molar-refractivity contribution in [3.8, 4) is 11.3 Å². The van der Waals surface area contributed by atoms with E-state index in [0.717, 1.165) is 17.3 Å². The molecule has 0 spiro atoms. The maximum absolute atomic E-state index is 5.89. The molecule has 2 atom stereocenters. The zero-order chi connectivity index (χ0) is 12.0. The van der Waals surface area contributed by atoms with Gasteiger partial charge in [-0.2, -0.15) is 5.10 Å². The zero-order valence-electron chi connectivity index (χ0n) is 10.2. The summed E-state index contributed by atoms with van der Waals surface area (Å²) in [5.41, 5.74) is 10.3. The SMILES string of the molecule is C[C@H]1C[C@@H]1c1ccc(N)cc1-c1ccn(C)n1. The highest BCUT2D eigenvalue weighted by atomic mass is 15.2. The molecule has 1 aromatic carbocycles. The van der Waals surface area contributed by atoms with Gasteiger partial charge in [-0.3, -0.25) is 4.68 Å². The molecule has 3 nitrogen and oxygen atoms in total. The number of rotatable bonds is 2. The topological polar surface area (TPSA) is 43.8 Å². The van der Waals surface area contributed by atoms with Crippen LogP contribution in [0, 0.1) is 5.92 Å². The first kappa shape index (κ1) is 10.4. The number of nitrogens with two attached hydrogens (primary N) is 1. The van der Waals surface area contributed by atoms with Crippen molar-refractivity contribution in [3.63, 3.8) is 0 Å². The standard InChI is InChI=1S/C14H17N3/c1-9-7-12(9)11-4-3-10(15)8-13(11)14-5-6-17(2)16-14/h3-6,8-9,12H,7,15H2,1-2H3/t9-,12-/m0/s1. The van der Waals surface area contributed by atoms with Gasteiger partial charge in [-0.1, -0.05) is 13.0 Å². The number of anilines is 1. The van der Waals surface area contributed by atoms with E-state index in [-0.39, 0.29) is 0 Å². The lowest BCUT2D eigenvalue weighted by Crippen LogP contribution is -1.94. The maximum Gasteiger partial charge on any atom is 0.0926 e. The smallest absolute Gasteiger partial charge is 0.0926 e. The van der Waals surface area contributed by atoms with Crippen LogP contribution in [0.15, 0.2) is 30.5 Å². The molecule has 0 bridgehead atoms. The van der Waals surface area contributed by atoms with Crippen molar-refractivity contribution in [1.29, 1.82) is 0 Å². The van der Waals surface area contributed by atoms with Crippen LogP contribution in [0.2, 0.25) is 0 Å². The van der Waals surface area contributed by atoms with Crippen LogP contribution < -0.4 is 5.73 Å². The van der Waals surface area contributed by atoms with Gasteiger partial charge < -0.3 is 5.73 Å². The van der Waals surface area contributed by atoms with Crippen molar-refractivity contribution < 1.29 is 0 Å². The lowest BCUT2D eigenvalue weighted by atomic mass is 9.99. The Morgan fingerprint density at radius 3 is 2.71 bits per heavy atom. The Balaban J connectivity index is 2.10. The predicted molar refractivity (Wildman–Crippen MR) is 69.6 cm³/mol. The quantitative estimate of drug-likeness (QED) is 0.802. The van der Waals surface area contributed by atoms with Crippen LogP contribution in [-0.2, 0) is 7.05 Å². The second-order valence-electron chi connectivity index (χ2n) is 5.04. The number of nitrogen functional groups attached to an aromatic ring is 1. The monoisotopic (exact) mass is 227 g/mol. The van der Waals surface area contributed by atoms with Crippen LogP contribution in [0.5, 0.6) is 0 Å². The van der Waals surface area contributed by atoms with Gasteiger partial charge in [0.25, 0.3) is 0 Å². The molecule has 1 aromatic heterocycles. The largest absolute Gasteiger partial charge is 0.399 e. The Kier molecular flexibility index (Phi) is 2.21. The van der Waals surface area contributed by atoms with Crippen molar-refractivity contribution in [2.75, 3.05) is 5.73 Å². The van der Waals surface area contributed by atoms with Gasteiger partial charge in [0.2, 0.25) is 0 Å². The number of hydrogen-bond acceptors (Lipinski definition) is 2. The van der Waals surface area contributed by atoms with Crippen LogP contribution >= 0.6 is 0 Å². The van der Waals surface area contributed by atoms with Crippen LogP contribution in [0.3, 0.4) is 0 Å². The van der Waals surface area contributed by atoms with E-state index in [4.69, 9.17) is 5.73 Å². The van der Waals surface area contributed by atoms with E-state index >= 15 is 0 Å². The summed E-state index contributed by atoms with van der Waals surface area (Å²) in [5.74, 6) is 1.48. The minimum Gasteiger partial charge on any atom is -0.399 e. The molecule has 1 heterocycles. The average Bonchev–Trinajstić information content (AvgIpc) is 2.85. The summed E-state index contributed by atoms with van der Waals surface area (Å²) in [5, 5.41) is 4.48. The number of nitrogens with zero attached hydrogens (tertiary/aromatic N) is 2. The van der Waals surface area contributed by atoms with Gasteiger partial charge in [0.15, 0.2) is 0 Å². The maximum atomic E-state index is 5.89. The molecule has 3 heteroatoms. The highest BCUT2D eigenvalue weighted by molar-refractivity contribution is 5.69. The van der Waals surface area contributed by atoms with Crippen molar-refractivity contribution >= 4 is 5.69 Å². The molecule has 2 N–H and O–H groups in total. The molecule has 1 saturated carbocycles. The van der Waals surface area contributed by atoms with Crippen molar-refractivity contribution in [2.45, 2.75) is 19.3 Å². The zero-order valence-corrected chi connectivity index (χ0v) is 10.2. The molecule has 0 saturated heterocycles. The third-order valence-corrected chi connectivity index (χ3v) is 3.58. The summed E-state index contributed by atoms with van der Waals surface area (Å²) in [4.78, 5) is 0. The van der Waals surface area contributed by atoms with Crippen LogP contribution in [0.25, 0.3) is 11.3 Å². The molecule has 88 valence electrons. The Morgan fingerprint density at radius 1 is 1.35 bits per heavy atom. The van der Waals surface area contributed by atoms with Gasteiger partial charge in [-0.15, -0.1) is 0 Å². The minimum absolute atomic E-state index is 0.688. The van der Waals surface area contributed by atoms with E-state index in [1.54, 1.807) is 0 Å². The first-order valence-corrected chi connectivity index (χ1v) is 6.04. The molecule has 3 rings (SSSR count). The predicted octanol–water partition coefficient (Wildman–Crippen LogP) is 2.79. The minimum atomic E-state index is 0.688. The van der Waals surface area contributed by atoms with Gasteiger partial charge in [0.05, 0.1) is 5.69 Å². The van der Waals surface area contributed by atoms with Gasteiger partial charge in [-0.05, 0) is 42.0 Å². The van der Waals surface area contributed by atoms with E-state index in [2.05, 4.69) is 18.1 Å². The van der Waals surface area contributed by atoms with E-state index < -0.39 is 0 Å². The fourth-order valence-electron chi connectivity index (χ4n) is 2.43. The summed E-state index contributed by atoms with van der Waals surface area (Å²) in [6.45, 7) is 2.29. The first-order chi connectivity index (χ1) is 8.15. The number of benzene rings is 1. The van der Waals surface area contributed by atoms with Gasteiger partial charge in [-0.25, -0.2) is 0 Å². The summed E-state index contributed by atoms with van der Waals surface area (Å²) in [7, 11) is 1.94. The van der Waals surface area contributed by atoms with Crippen molar-refractivity contribution in [2.24, 2.45) is 13.0 Å². The molecule has 17 heavy (non-hydrogen) atoms. The first-order valence-electron chi connectivity index (χ1n) is 6.04. The van der Waals surface area contributed by atoms with Crippen molar-refractivity contribution in [1.82, 2.24) is 9.78 Å². The molecular weight excluding hydrogens is 210 g/mol. The number of aromatic nitrogens is 2. The fraction of sp³-hybridized carbons (Fsp3) is 0.357. The summed E-state index contributed by atoms with van der Waals surface area (Å²) >= 11 is 0. The van der Waals surface area contributed by atoms with E-state index in [1.807, 2.05) is 36.1 Å². The van der Waals surface area contributed by atoms with E-state index in [0.29, 0.717) is 5.92 Å². The van der Waals surface area contributed by atoms with Crippen LogP contribution in [0.4, 0.5) is 5.69 Å². The second-order valence-corrected chi connectivity index (χ2v) is 5.04. The second kappa shape index (κ2) is 3.62.